The van der Waals surface area contributed by atoms with Gasteiger partial charge in [0.1, 0.15) is 0 Å². The Bertz CT molecular complexity index is 606. The SMILES string of the molecule is CCC(CNC(=O)c1cc(-c2cccs2)on1)CC(=O)O. The first kappa shape index (κ1) is 15.2. The van der Waals surface area contributed by atoms with Crippen LogP contribution in [0.2, 0.25) is 0 Å². The molecule has 2 rings (SSSR count). The summed E-state index contributed by atoms with van der Waals surface area (Å²) in [4.78, 5) is 23.5. The second-order valence-electron chi connectivity index (χ2n) is 4.64. The molecule has 0 saturated heterocycles. The lowest BCUT2D eigenvalue weighted by Gasteiger charge is -2.12. The number of nitrogens with zero attached hydrogens (tertiary/aromatic N) is 1. The summed E-state index contributed by atoms with van der Waals surface area (Å²) in [6, 6.07) is 5.35. The number of nitrogens with one attached hydrogen (secondary N) is 1. The lowest BCUT2D eigenvalue weighted by molar-refractivity contribution is -0.138. The van der Waals surface area contributed by atoms with E-state index < -0.39 is 5.97 Å². The maximum absolute atomic E-state index is 12.0. The Balaban J connectivity index is 1.93. The number of carboxylic acids is 1. The minimum absolute atomic E-state index is 0.0377. The van der Waals surface area contributed by atoms with Gasteiger partial charge in [0.25, 0.3) is 5.91 Å². The highest BCUT2D eigenvalue weighted by Crippen LogP contribution is 2.25. The molecule has 0 aliphatic heterocycles. The third kappa shape index (κ3) is 4.16. The second-order valence-corrected chi connectivity index (χ2v) is 5.58. The van der Waals surface area contributed by atoms with Gasteiger partial charge in [0.2, 0.25) is 0 Å². The van der Waals surface area contributed by atoms with Crippen LogP contribution >= 0.6 is 11.3 Å². The molecule has 0 spiro atoms. The van der Waals surface area contributed by atoms with Crippen molar-refractivity contribution in [1.29, 1.82) is 0 Å². The number of aromatic nitrogens is 1. The molecular weight excluding hydrogens is 292 g/mol. The fourth-order valence-electron chi connectivity index (χ4n) is 1.85. The molecule has 7 heteroatoms. The summed E-state index contributed by atoms with van der Waals surface area (Å²) in [6.45, 7) is 2.20. The summed E-state index contributed by atoms with van der Waals surface area (Å²) in [5.74, 6) is -0.759. The molecule has 1 atom stereocenters. The third-order valence-electron chi connectivity index (χ3n) is 3.10. The Labute approximate surface area is 125 Å². The number of thiophene rings is 1. The molecule has 0 aromatic carbocycles. The van der Waals surface area contributed by atoms with E-state index in [2.05, 4.69) is 10.5 Å². The second kappa shape index (κ2) is 7.03. The molecule has 0 radical (unpaired) electrons. The van der Waals surface area contributed by atoms with Crippen LogP contribution < -0.4 is 5.32 Å². The van der Waals surface area contributed by atoms with E-state index in [4.69, 9.17) is 9.63 Å². The smallest absolute Gasteiger partial charge is 0.303 e. The van der Waals surface area contributed by atoms with Crippen LogP contribution in [-0.2, 0) is 4.79 Å². The molecule has 0 aliphatic rings. The average Bonchev–Trinajstić information content (AvgIpc) is 3.12. The normalized spacial score (nSPS) is 12.0. The van der Waals surface area contributed by atoms with Gasteiger partial charge in [0.05, 0.1) is 4.88 Å². The first-order valence-electron chi connectivity index (χ1n) is 6.60. The standard InChI is InChI=1S/C14H16N2O4S/c1-2-9(6-13(17)18)8-15-14(19)10-7-11(20-16-10)12-4-3-5-21-12/h3-5,7,9H,2,6,8H2,1H3,(H,15,19)(H,17,18). The van der Waals surface area contributed by atoms with Crippen molar-refractivity contribution in [2.24, 2.45) is 5.92 Å². The van der Waals surface area contributed by atoms with Gasteiger partial charge in [-0.25, -0.2) is 0 Å². The zero-order valence-corrected chi connectivity index (χ0v) is 12.4. The Hall–Kier alpha value is -2.15. The summed E-state index contributed by atoms with van der Waals surface area (Å²) < 4.78 is 5.13. The molecule has 21 heavy (non-hydrogen) atoms. The summed E-state index contributed by atoms with van der Waals surface area (Å²) in [6.07, 6.45) is 0.724. The van der Waals surface area contributed by atoms with Crippen molar-refractivity contribution in [1.82, 2.24) is 10.5 Å². The van der Waals surface area contributed by atoms with Crippen LogP contribution in [0, 0.1) is 5.92 Å². The van der Waals surface area contributed by atoms with Gasteiger partial charge in [-0.05, 0) is 17.4 Å². The van der Waals surface area contributed by atoms with Gasteiger partial charge in [-0.15, -0.1) is 11.3 Å². The molecular formula is C14H16N2O4S. The number of hydrogen-bond acceptors (Lipinski definition) is 5. The molecule has 1 unspecified atom stereocenters. The molecule has 0 saturated carbocycles. The zero-order valence-electron chi connectivity index (χ0n) is 11.5. The summed E-state index contributed by atoms with van der Waals surface area (Å²) in [5.41, 5.74) is 0.198. The summed E-state index contributed by atoms with van der Waals surface area (Å²) >= 11 is 1.50. The van der Waals surface area contributed by atoms with Crippen LogP contribution in [0.3, 0.4) is 0 Å². The number of carbonyl (C=O) groups is 2. The van der Waals surface area contributed by atoms with E-state index in [1.165, 1.54) is 11.3 Å². The molecule has 1 amide bonds. The molecule has 2 N–H and O–H groups in total. The van der Waals surface area contributed by atoms with Crippen molar-refractivity contribution in [2.45, 2.75) is 19.8 Å². The van der Waals surface area contributed by atoms with Crippen LogP contribution in [0.5, 0.6) is 0 Å². The minimum Gasteiger partial charge on any atom is -0.481 e. The fourth-order valence-corrected chi connectivity index (χ4v) is 2.53. The van der Waals surface area contributed by atoms with Crippen LogP contribution in [-0.4, -0.2) is 28.7 Å². The molecule has 2 aromatic heterocycles. The van der Waals surface area contributed by atoms with E-state index in [-0.39, 0.29) is 23.9 Å². The van der Waals surface area contributed by atoms with E-state index in [0.29, 0.717) is 18.7 Å². The predicted molar refractivity (Wildman–Crippen MR) is 78.2 cm³/mol. The van der Waals surface area contributed by atoms with E-state index in [1.807, 2.05) is 24.4 Å². The average molecular weight is 308 g/mol. The predicted octanol–water partition coefficient (Wildman–Crippen LogP) is 2.63. The molecule has 0 fully saturated rings. The molecule has 0 aliphatic carbocycles. The van der Waals surface area contributed by atoms with Crippen LogP contribution in [0.4, 0.5) is 0 Å². The molecule has 2 aromatic rings. The minimum atomic E-state index is -0.863. The number of hydrogen-bond donors (Lipinski definition) is 2. The lowest BCUT2D eigenvalue weighted by atomic mass is 10.0. The highest BCUT2D eigenvalue weighted by Gasteiger charge is 2.17. The lowest BCUT2D eigenvalue weighted by Crippen LogP contribution is -2.30. The summed E-state index contributed by atoms with van der Waals surface area (Å²) in [5, 5.41) is 17.1. The number of amides is 1. The van der Waals surface area contributed by atoms with E-state index >= 15 is 0 Å². The Morgan fingerprint density at radius 3 is 2.95 bits per heavy atom. The Morgan fingerprint density at radius 2 is 2.33 bits per heavy atom. The number of carbonyl (C=O) groups excluding carboxylic acids is 1. The van der Waals surface area contributed by atoms with Crippen LogP contribution in [0.25, 0.3) is 10.6 Å². The molecule has 2 heterocycles. The quantitative estimate of drug-likeness (QED) is 0.820. The third-order valence-corrected chi connectivity index (χ3v) is 3.98. The Kier molecular flexibility index (Phi) is 5.10. The molecule has 6 nitrogen and oxygen atoms in total. The maximum atomic E-state index is 12.0. The summed E-state index contributed by atoms with van der Waals surface area (Å²) in [7, 11) is 0. The van der Waals surface area contributed by atoms with Gasteiger partial charge < -0.3 is 14.9 Å². The van der Waals surface area contributed by atoms with Crippen molar-refractivity contribution in [3.63, 3.8) is 0 Å². The van der Waals surface area contributed by atoms with Gasteiger partial charge >= 0.3 is 5.97 Å². The fraction of sp³-hybridized carbons (Fsp3) is 0.357. The largest absolute Gasteiger partial charge is 0.481 e. The molecule has 0 bridgehead atoms. The topological polar surface area (TPSA) is 92.4 Å². The van der Waals surface area contributed by atoms with Gasteiger partial charge in [0, 0.05) is 19.0 Å². The van der Waals surface area contributed by atoms with Crippen molar-refractivity contribution in [3.05, 3.63) is 29.3 Å². The van der Waals surface area contributed by atoms with Crippen LogP contribution in [0.15, 0.2) is 28.1 Å². The van der Waals surface area contributed by atoms with Gasteiger partial charge in [-0.1, -0.05) is 24.6 Å². The van der Waals surface area contributed by atoms with E-state index in [0.717, 1.165) is 4.88 Å². The zero-order chi connectivity index (χ0) is 15.2. The van der Waals surface area contributed by atoms with Crippen molar-refractivity contribution < 1.29 is 19.2 Å². The van der Waals surface area contributed by atoms with Crippen LogP contribution in [0.1, 0.15) is 30.3 Å². The highest BCUT2D eigenvalue weighted by molar-refractivity contribution is 7.13. The van der Waals surface area contributed by atoms with Crippen molar-refractivity contribution in [3.8, 4) is 10.6 Å². The van der Waals surface area contributed by atoms with Gasteiger partial charge in [0.15, 0.2) is 11.5 Å². The van der Waals surface area contributed by atoms with E-state index in [9.17, 15) is 9.59 Å². The highest BCUT2D eigenvalue weighted by atomic mass is 32.1. The number of aliphatic carboxylic acids is 1. The van der Waals surface area contributed by atoms with Crippen molar-refractivity contribution in [2.75, 3.05) is 6.54 Å². The first-order valence-corrected chi connectivity index (χ1v) is 7.48. The number of rotatable bonds is 7. The first-order chi connectivity index (χ1) is 10.1. The van der Waals surface area contributed by atoms with Gasteiger partial charge in [-0.2, -0.15) is 0 Å². The van der Waals surface area contributed by atoms with E-state index in [1.54, 1.807) is 6.07 Å². The van der Waals surface area contributed by atoms with Crippen molar-refractivity contribution >= 4 is 23.2 Å². The van der Waals surface area contributed by atoms with Gasteiger partial charge in [-0.3, -0.25) is 9.59 Å². The number of carboxylic acid groups (broad SMARTS) is 1. The maximum Gasteiger partial charge on any atom is 0.303 e. The molecule has 112 valence electrons. The monoisotopic (exact) mass is 308 g/mol. The Morgan fingerprint density at radius 1 is 1.52 bits per heavy atom.